The number of rotatable bonds is 4. The number of hydrogen-bond donors (Lipinski definition) is 0. The van der Waals surface area contributed by atoms with Gasteiger partial charge in [0.2, 0.25) is 6.79 Å². The number of nitro groups is 1. The molecule has 0 saturated carbocycles. The number of ether oxygens (including phenoxy) is 3. The van der Waals surface area contributed by atoms with Gasteiger partial charge < -0.3 is 18.8 Å². The van der Waals surface area contributed by atoms with Crippen LogP contribution in [0.25, 0.3) is 10.2 Å². The van der Waals surface area contributed by atoms with Gasteiger partial charge in [-0.15, -0.1) is 0 Å². The van der Waals surface area contributed by atoms with Crippen molar-refractivity contribution in [1.29, 1.82) is 0 Å². The summed E-state index contributed by atoms with van der Waals surface area (Å²) in [6, 6.07) is 8.93. The van der Waals surface area contributed by atoms with E-state index in [0.717, 1.165) is 11.3 Å². The summed E-state index contributed by atoms with van der Waals surface area (Å²) in [5, 5.41) is 11.1. The van der Waals surface area contributed by atoms with E-state index in [9.17, 15) is 19.7 Å². The number of non-ortho nitro benzene ring substituents is 1. The van der Waals surface area contributed by atoms with Crippen molar-refractivity contribution in [1.82, 2.24) is 4.57 Å². The first-order valence-corrected chi connectivity index (χ1v) is 9.11. The topological polar surface area (TPSA) is 122 Å². The van der Waals surface area contributed by atoms with Gasteiger partial charge in [-0.3, -0.25) is 19.7 Å². The van der Waals surface area contributed by atoms with E-state index in [1.165, 1.54) is 29.9 Å². The number of carbonyl (C=O) groups is 2. The van der Waals surface area contributed by atoms with Gasteiger partial charge in [-0.2, -0.15) is 4.99 Å². The van der Waals surface area contributed by atoms with Crippen molar-refractivity contribution in [3.8, 4) is 11.5 Å². The van der Waals surface area contributed by atoms with Crippen molar-refractivity contribution in [3.63, 3.8) is 0 Å². The van der Waals surface area contributed by atoms with Crippen LogP contribution in [0.5, 0.6) is 11.5 Å². The first-order valence-electron chi connectivity index (χ1n) is 8.29. The number of esters is 1. The highest BCUT2D eigenvalue weighted by Gasteiger charge is 2.18. The molecule has 29 heavy (non-hydrogen) atoms. The molecule has 0 bridgehead atoms. The van der Waals surface area contributed by atoms with E-state index in [1.54, 1.807) is 18.2 Å². The average Bonchev–Trinajstić information content (AvgIpc) is 3.31. The zero-order valence-electron chi connectivity index (χ0n) is 15.0. The Morgan fingerprint density at radius 2 is 2.03 bits per heavy atom. The maximum absolute atomic E-state index is 12.7. The molecule has 2 aromatic carbocycles. The number of nitro benzene ring substituents is 1. The molecule has 2 heterocycles. The van der Waals surface area contributed by atoms with Crippen molar-refractivity contribution < 1.29 is 28.7 Å². The zero-order chi connectivity index (χ0) is 20.5. The third-order valence-corrected chi connectivity index (χ3v) is 5.27. The number of benzene rings is 2. The molecular formula is C18H13N3O7S. The average molecular weight is 415 g/mol. The number of thiazole rings is 1. The maximum Gasteiger partial charge on any atom is 0.325 e. The number of carbonyl (C=O) groups excluding carboxylic acids is 2. The van der Waals surface area contributed by atoms with Gasteiger partial charge in [-0.1, -0.05) is 11.3 Å². The van der Waals surface area contributed by atoms with Crippen LogP contribution in [0, 0.1) is 10.1 Å². The lowest BCUT2D eigenvalue weighted by atomic mass is 10.2. The number of hydrogen-bond acceptors (Lipinski definition) is 8. The van der Waals surface area contributed by atoms with Gasteiger partial charge >= 0.3 is 5.97 Å². The molecule has 0 N–H and O–H groups in total. The minimum atomic E-state index is -0.576. The van der Waals surface area contributed by atoms with Crippen LogP contribution in [0.15, 0.2) is 41.4 Å². The molecule has 3 aromatic rings. The highest BCUT2D eigenvalue weighted by atomic mass is 32.1. The van der Waals surface area contributed by atoms with Crippen LogP contribution >= 0.6 is 11.3 Å². The van der Waals surface area contributed by atoms with Crippen LogP contribution in [0.4, 0.5) is 5.69 Å². The molecule has 1 aliphatic heterocycles. The molecule has 0 fully saturated rings. The van der Waals surface area contributed by atoms with Gasteiger partial charge in [-0.25, -0.2) is 0 Å². The summed E-state index contributed by atoms with van der Waals surface area (Å²) in [6.45, 7) is -0.163. The molecular weight excluding hydrogens is 402 g/mol. The smallest absolute Gasteiger partial charge is 0.325 e. The van der Waals surface area contributed by atoms with Crippen molar-refractivity contribution in [2.75, 3.05) is 13.9 Å². The van der Waals surface area contributed by atoms with Crippen LogP contribution in [0.3, 0.4) is 0 Å². The minimum absolute atomic E-state index is 0.0817. The number of fused-ring (bicyclic) bond motifs is 2. The summed E-state index contributed by atoms with van der Waals surface area (Å²) in [5.74, 6) is -0.145. The van der Waals surface area contributed by atoms with Crippen molar-refractivity contribution in [3.05, 3.63) is 56.9 Å². The fourth-order valence-electron chi connectivity index (χ4n) is 2.78. The van der Waals surface area contributed by atoms with E-state index in [4.69, 9.17) is 14.2 Å². The summed E-state index contributed by atoms with van der Waals surface area (Å²) < 4.78 is 17.3. The summed E-state index contributed by atoms with van der Waals surface area (Å²) in [5.41, 5.74) is 0.553. The second-order valence-electron chi connectivity index (χ2n) is 5.94. The van der Waals surface area contributed by atoms with Crippen LogP contribution in [0.1, 0.15) is 10.4 Å². The zero-order valence-corrected chi connectivity index (χ0v) is 15.8. The Labute approximate surface area is 166 Å². The molecule has 0 radical (unpaired) electrons. The highest BCUT2D eigenvalue weighted by molar-refractivity contribution is 7.16. The summed E-state index contributed by atoms with van der Waals surface area (Å²) in [7, 11) is 1.23. The van der Waals surface area contributed by atoms with Gasteiger partial charge in [0.15, 0.2) is 16.3 Å². The fraction of sp³-hybridized carbons (Fsp3) is 0.167. The van der Waals surface area contributed by atoms with Gasteiger partial charge in [0.05, 0.1) is 22.2 Å². The minimum Gasteiger partial charge on any atom is -0.468 e. The summed E-state index contributed by atoms with van der Waals surface area (Å²) in [6.07, 6.45) is 0. The number of nitrogens with zero attached hydrogens (tertiary/aromatic N) is 3. The molecule has 148 valence electrons. The van der Waals surface area contributed by atoms with E-state index < -0.39 is 16.8 Å². The molecule has 0 aliphatic carbocycles. The first-order chi connectivity index (χ1) is 14.0. The van der Waals surface area contributed by atoms with Gasteiger partial charge in [0, 0.05) is 17.7 Å². The largest absolute Gasteiger partial charge is 0.468 e. The van der Waals surface area contributed by atoms with E-state index in [-0.39, 0.29) is 29.4 Å². The number of aromatic nitrogens is 1. The SMILES string of the molecule is COC(=O)Cn1c(=NC(=O)c2ccc3c(c2)OCO3)sc2ccc([N+](=O)[O-])cc21. The monoisotopic (exact) mass is 415 g/mol. The van der Waals surface area contributed by atoms with Crippen LogP contribution < -0.4 is 14.3 Å². The third-order valence-electron chi connectivity index (χ3n) is 4.21. The Kier molecular flexibility index (Phi) is 4.72. The van der Waals surface area contributed by atoms with Gasteiger partial charge in [0.25, 0.3) is 11.6 Å². The summed E-state index contributed by atoms with van der Waals surface area (Å²) >= 11 is 1.13. The molecule has 1 amide bonds. The van der Waals surface area contributed by atoms with E-state index in [1.807, 2.05) is 0 Å². The molecule has 4 rings (SSSR count). The van der Waals surface area contributed by atoms with Gasteiger partial charge in [0.1, 0.15) is 6.54 Å². The molecule has 0 saturated heterocycles. The second kappa shape index (κ2) is 7.36. The van der Waals surface area contributed by atoms with Crippen LogP contribution in [0.2, 0.25) is 0 Å². The van der Waals surface area contributed by atoms with E-state index >= 15 is 0 Å². The molecule has 0 atom stereocenters. The summed E-state index contributed by atoms with van der Waals surface area (Å²) in [4.78, 5) is 39.4. The van der Waals surface area contributed by atoms with Crippen molar-refractivity contribution >= 4 is 39.1 Å². The van der Waals surface area contributed by atoms with Crippen LogP contribution in [-0.4, -0.2) is 35.3 Å². The Bertz CT molecular complexity index is 1230. The number of methoxy groups -OCH3 is 1. The molecule has 10 nitrogen and oxygen atoms in total. The van der Waals surface area contributed by atoms with E-state index in [2.05, 4.69) is 4.99 Å². The quantitative estimate of drug-likeness (QED) is 0.364. The first kappa shape index (κ1) is 18.6. The lowest BCUT2D eigenvalue weighted by Gasteiger charge is -2.04. The van der Waals surface area contributed by atoms with Crippen molar-refractivity contribution in [2.45, 2.75) is 6.54 Å². The lowest BCUT2D eigenvalue weighted by molar-refractivity contribution is -0.384. The Morgan fingerprint density at radius 1 is 1.24 bits per heavy atom. The van der Waals surface area contributed by atoms with E-state index in [0.29, 0.717) is 21.7 Å². The predicted molar refractivity (Wildman–Crippen MR) is 101 cm³/mol. The van der Waals surface area contributed by atoms with Crippen LogP contribution in [-0.2, 0) is 16.1 Å². The molecule has 11 heteroatoms. The normalized spacial score (nSPS) is 12.9. The second-order valence-corrected chi connectivity index (χ2v) is 6.95. The molecule has 0 unspecified atom stereocenters. The molecule has 1 aliphatic rings. The highest BCUT2D eigenvalue weighted by Crippen LogP contribution is 2.32. The Balaban J connectivity index is 1.82. The lowest BCUT2D eigenvalue weighted by Crippen LogP contribution is -2.22. The predicted octanol–water partition coefficient (Wildman–Crippen LogP) is 2.25. The third kappa shape index (κ3) is 3.55. The standard InChI is InChI=1S/C18H13N3O7S/c1-26-16(22)8-20-12-7-11(21(24)25)3-5-15(12)29-18(20)19-17(23)10-2-4-13-14(6-10)28-9-27-13/h2-7H,8-9H2,1H3. The number of amides is 1. The Morgan fingerprint density at radius 3 is 2.79 bits per heavy atom. The van der Waals surface area contributed by atoms with Gasteiger partial charge in [-0.05, 0) is 24.3 Å². The molecule has 0 spiro atoms. The molecule has 1 aromatic heterocycles. The fourth-order valence-corrected chi connectivity index (χ4v) is 3.79. The van der Waals surface area contributed by atoms with Crippen molar-refractivity contribution in [2.24, 2.45) is 4.99 Å². The maximum atomic E-state index is 12.7. The Hall–Kier alpha value is -3.73.